The Hall–Kier alpha value is -0.730. The Morgan fingerprint density at radius 3 is 2.06 bits per heavy atom. The lowest BCUT2D eigenvalue weighted by Crippen LogP contribution is -2.44. The number of carbonyl (C=O) groups excluding carboxylic acids is 1. The fraction of sp³-hybridized carbons (Fsp3) is 0.929. The summed E-state index contributed by atoms with van der Waals surface area (Å²) in [6.45, 7) is 15.0. The second-order valence-electron chi connectivity index (χ2n) is 5.90. The first kappa shape index (κ1) is 16.3. The van der Waals surface area contributed by atoms with Gasteiger partial charge in [-0.15, -0.1) is 0 Å². The minimum atomic E-state index is -0.418. The summed E-state index contributed by atoms with van der Waals surface area (Å²) in [6.07, 6.45) is 1.85. The van der Waals surface area contributed by atoms with E-state index in [-0.39, 0.29) is 12.1 Å². The van der Waals surface area contributed by atoms with Crippen LogP contribution in [0.15, 0.2) is 0 Å². The van der Waals surface area contributed by atoms with Crippen LogP contribution in [0.1, 0.15) is 61.3 Å². The van der Waals surface area contributed by atoms with Crippen molar-refractivity contribution in [3.63, 3.8) is 0 Å². The Bertz CT molecular complexity index is 233. The molecule has 3 nitrogen and oxygen atoms in total. The summed E-state index contributed by atoms with van der Waals surface area (Å²) in [4.78, 5) is 14.0. The molecule has 0 bridgehead atoms. The molecule has 2 atom stereocenters. The summed E-state index contributed by atoms with van der Waals surface area (Å²) in [7, 11) is 0. The molecule has 0 fully saturated rings. The van der Waals surface area contributed by atoms with E-state index in [4.69, 9.17) is 4.74 Å². The quantitative estimate of drug-likeness (QED) is 0.728. The lowest BCUT2D eigenvalue weighted by Gasteiger charge is -2.33. The van der Waals surface area contributed by atoms with Crippen LogP contribution in [0.4, 0.5) is 4.79 Å². The van der Waals surface area contributed by atoms with E-state index >= 15 is 0 Å². The number of amides is 1. The SMILES string of the molecule is CC[C@@H](C)CN(C(=O)OC(C)(C)C)[C@H](C)CC. The van der Waals surface area contributed by atoms with Gasteiger partial charge in [0.1, 0.15) is 5.60 Å². The predicted molar refractivity (Wildman–Crippen MR) is 72.1 cm³/mol. The van der Waals surface area contributed by atoms with Gasteiger partial charge in [0, 0.05) is 12.6 Å². The Morgan fingerprint density at radius 1 is 1.18 bits per heavy atom. The first-order chi connectivity index (χ1) is 7.71. The van der Waals surface area contributed by atoms with Crippen molar-refractivity contribution in [1.29, 1.82) is 0 Å². The minimum Gasteiger partial charge on any atom is -0.444 e. The topological polar surface area (TPSA) is 29.5 Å². The Kier molecular flexibility index (Phi) is 6.58. The van der Waals surface area contributed by atoms with Crippen molar-refractivity contribution < 1.29 is 9.53 Å². The Labute approximate surface area is 107 Å². The van der Waals surface area contributed by atoms with Gasteiger partial charge >= 0.3 is 6.09 Å². The summed E-state index contributed by atoms with van der Waals surface area (Å²) in [6, 6.07) is 0.235. The number of carbonyl (C=O) groups is 1. The first-order valence-corrected chi connectivity index (χ1v) is 6.70. The number of rotatable bonds is 5. The first-order valence-electron chi connectivity index (χ1n) is 6.70. The lowest BCUT2D eigenvalue weighted by molar-refractivity contribution is 0.0140. The van der Waals surface area contributed by atoms with Crippen molar-refractivity contribution in [2.24, 2.45) is 5.92 Å². The van der Waals surface area contributed by atoms with Crippen molar-refractivity contribution in [2.75, 3.05) is 6.54 Å². The monoisotopic (exact) mass is 243 g/mol. The van der Waals surface area contributed by atoms with Crippen LogP contribution in [0.5, 0.6) is 0 Å². The van der Waals surface area contributed by atoms with E-state index in [1.807, 2.05) is 25.7 Å². The van der Waals surface area contributed by atoms with Crippen molar-refractivity contribution >= 4 is 6.09 Å². The van der Waals surface area contributed by atoms with E-state index in [1.54, 1.807) is 0 Å². The molecule has 0 aliphatic carbocycles. The highest BCUT2D eigenvalue weighted by atomic mass is 16.6. The lowest BCUT2D eigenvalue weighted by atomic mass is 10.1. The van der Waals surface area contributed by atoms with Crippen LogP contribution in [-0.4, -0.2) is 29.2 Å². The molecule has 0 saturated heterocycles. The molecule has 17 heavy (non-hydrogen) atoms. The van der Waals surface area contributed by atoms with Crippen molar-refractivity contribution in [1.82, 2.24) is 4.90 Å². The van der Waals surface area contributed by atoms with Crippen LogP contribution in [0, 0.1) is 5.92 Å². The molecule has 102 valence electrons. The zero-order valence-electron chi connectivity index (χ0n) is 12.5. The zero-order chi connectivity index (χ0) is 13.6. The molecule has 0 N–H and O–H groups in total. The molecule has 0 aromatic carbocycles. The van der Waals surface area contributed by atoms with Gasteiger partial charge in [-0.05, 0) is 40.0 Å². The molecule has 0 unspecified atom stereocenters. The third kappa shape index (κ3) is 6.54. The van der Waals surface area contributed by atoms with Crippen molar-refractivity contribution in [2.45, 2.75) is 73.0 Å². The van der Waals surface area contributed by atoms with Crippen LogP contribution in [0.3, 0.4) is 0 Å². The van der Waals surface area contributed by atoms with E-state index in [1.165, 1.54) is 0 Å². The molecule has 0 spiro atoms. The Morgan fingerprint density at radius 2 is 1.71 bits per heavy atom. The standard InChI is InChI=1S/C14H29NO2/c1-8-11(3)10-15(12(4)9-2)13(16)17-14(5,6)7/h11-12H,8-10H2,1-7H3/t11-,12-/m1/s1. The largest absolute Gasteiger partial charge is 0.444 e. The van der Waals surface area contributed by atoms with Crippen LogP contribution in [-0.2, 0) is 4.74 Å². The second kappa shape index (κ2) is 6.87. The highest BCUT2D eigenvalue weighted by Crippen LogP contribution is 2.16. The van der Waals surface area contributed by atoms with Crippen molar-refractivity contribution in [3.05, 3.63) is 0 Å². The third-order valence-corrected chi connectivity index (χ3v) is 2.96. The molecule has 0 aromatic heterocycles. The van der Waals surface area contributed by atoms with Gasteiger partial charge in [0.05, 0.1) is 0 Å². The van der Waals surface area contributed by atoms with Crippen LogP contribution < -0.4 is 0 Å². The highest BCUT2D eigenvalue weighted by molar-refractivity contribution is 5.68. The average molecular weight is 243 g/mol. The fourth-order valence-corrected chi connectivity index (χ4v) is 1.44. The van der Waals surface area contributed by atoms with E-state index in [0.717, 1.165) is 19.4 Å². The van der Waals surface area contributed by atoms with Gasteiger partial charge in [-0.1, -0.05) is 27.2 Å². The summed E-state index contributed by atoms with van der Waals surface area (Å²) in [5.41, 5.74) is -0.418. The van der Waals surface area contributed by atoms with Gasteiger partial charge in [-0.25, -0.2) is 4.79 Å². The number of ether oxygens (including phenoxy) is 1. The maximum atomic E-state index is 12.1. The smallest absolute Gasteiger partial charge is 0.410 e. The molecule has 0 heterocycles. The van der Waals surface area contributed by atoms with Gasteiger partial charge in [0.2, 0.25) is 0 Å². The highest BCUT2D eigenvalue weighted by Gasteiger charge is 2.26. The summed E-state index contributed by atoms with van der Waals surface area (Å²) >= 11 is 0. The maximum Gasteiger partial charge on any atom is 0.410 e. The van der Waals surface area contributed by atoms with Gasteiger partial charge in [0.25, 0.3) is 0 Å². The van der Waals surface area contributed by atoms with Gasteiger partial charge < -0.3 is 9.64 Å². The summed E-state index contributed by atoms with van der Waals surface area (Å²) in [5, 5.41) is 0. The minimum absolute atomic E-state index is 0.188. The summed E-state index contributed by atoms with van der Waals surface area (Å²) < 4.78 is 5.46. The van der Waals surface area contributed by atoms with Gasteiger partial charge in [0.15, 0.2) is 0 Å². The molecular formula is C14H29NO2. The molecule has 0 aromatic rings. The molecule has 0 aliphatic heterocycles. The molecule has 0 saturated carbocycles. The molecule has 0 rings (SSSR count). The molecular weight excluding hydrogens is 214 g/mol. The number of nitrogens with zero attached hydrogens (tertiary/aromatic N) is 1. The van der Waals surface area contributed by atoms with E-state index < -0.39 is 5.60 Å². The average Bonchev–Trinajstić information content (AvgIpc) is 2.21. The van der Waals surface area contributed by atoms with E-state index in [2.05, 4.69) is 27.7 Å². The van der Waals surface area contributed by atoms with Gasteiger partial charge in [-0.2, -0.15) is 0 Å². The molecule has 1 amide bonds. The summed E-state index contributed by atoms with van der Waals surface area (Å²) in [5.74, 6) is 0.511. The number of hydrogen-bond acceptors (Lipinski definition) is 2. The molecule has 3 heteroatoms. The van der Waals surface area contributed by atoms with Gasteiger partial charge in [-0.3, -0.25) is 0 Å². The molecule has 0 aliphatic rings. The maximum absolute atomic E-state index is 12.1. The van der Waals surface area contributed by atoms with Crippen molar-refractivity contribution in [3.8, 4) is 0 Å². The van der Waals surface area contributed by atoms with E-state index in [0.29, 0.717) is 5.92 Å². The van der Waals surface area contributed by atoms with Crippen LogP contribution >= 0.6 is 0 Å². The fourth-order valence-electron chi connectivity index (χ4n) is 1.44. The predicted octanol–water partition coefficient (Wildman–Crippen LogP) is 4.07. The van der Waals surface area contributed by atoms with E-state index in [9.17, 15) is 4.79 Å². The Balaban J connectivity index is 4.62. The second-order valence-corrected chi connectivity index (χ2v) is 5.90. The molecule has 0 radical (unpaired) electrons. The van der Waals surface area contributed by atoms with Crippen LogP contribution in [0.25, 0.3) is 0 Å². The van der Waals surface area contributed by atoms with Crippen LogP contribution in [0.2, 0.25) is 0 Å². The zero-order valence-corrected chi connectivity index (χ0v) is 12.5. The number of hydrogen-bond donors (Lipinski definition) is 0. The third-order valence-electron chi connectivity index (χ3n) is 2.96. The normalized spacial score (nSPS) is 15.2.